The molecule has 0 aliphatic heterocycles. The molecule has 6 heteroatoms. The Labute approximate surface area is 159 Å². The molecular weight excluding hydrogens is 360 g/mol. The molecule has 5 nitrogen and oxygen atoms in total. The third-order valence-corrected chi connectivity index (χ3v) is 5.95. The van der Waals surface area contributed by atoms with E-state index in [0.29, 0.717) is 11.4 Å². The van der Waals surface area contributed by atoms with Gasteiger partial charge in [-0.1, -0.05) is 42.5 Å². The third-order valence-electron chi connectivity index (χ3n) is 4.17. The zero-order chi connectivity index (χ0) is 19.4. The molecule has 0 aliphatic carbocycles. The summed E-state index contributed by atoms with van der Waals surface area (Å²) < 4.78 is 26.9. The minimum atomic E-state index is -3.77. The number of carbonyl (C=O) groups excluding carboxylic acids is 1. The Morgan fingerprint density at radius 2 is 1.56 bits per heavy atom. The summed E-state index contributed by atoms with van der Waals surface area (Å²) in [7, 11) is -2.33. The Balaban J connectivity index is 1.95. The van der Waals surface area contributed by atoms with Crippen molar-refractivity contribution in [1.82, 2.24) is 0 Å². The van der Waals surface area contributed by atoms with Crippen molar-refractivity contribution >= 4 is 27.3 Å². The Kier molecular flexibility index (Phi) is 5.28. The fourth-order valence-electron chi connectivity index (χ4n) is 2.74. The van der Waals surface area contributed by atoms with Gasteiger partial charge in [0.15, 0.2) is 0 Å². The van der Waals surface area contributed by atoms with Crippen molar-refractivity contribution in [2.45, 2.75) is 11.8 Å². The van der Waals surface area contributed by atoms with E-state index >= 15 is 0 Å². The second kappa shape index (κ2) is 7.63. The molecule has 0 atom stereocenters. The van der Waals surface area contributed by atoms with Gasteiger partial charge in [0.1, 0.15) is 0 Å². The first-order valence-corrected chi connectivity index (χ1v) is 9.84. The summed E-state index contributed by atoms with van der Waals surface area (Å²) in [6.45, 7) is 1.93. The summed E-state index contributed by atoms with van der Waals surface area (Å²) in [6, 6.07) is 22.2. The van der Waals surface area contributed by atoms with E-state index in [1.54, 1.807) is 48.5 Å². The molecule has 0 heterocycles. The van der Waals surface area contributed by atoms with Crippen molar-refractivity contribution in [3.8, 4) is 0 Å². The summed E-state index contributed by atoms with van der Waals surface area (Å²) in [6.07, 6.45) is 0. The van der Waals surface area contributed by atoms with Crippen LogP contribution in [0.25, 0.3) is 0 Å². The van der Waals surface area contributed by atoms with E-state index in [-0.39, 0.29) is 16.4 Å². The van der Waals surface area contributed by atoms with E-state index in [0.717, 1.165) is 9.87 Å². The average molecular weight is 380 g/mol. The number of carbonyl (C=O) groups is 1. The zero-order valence-corrected chi connectivity index (χ0v) is 15.9. The number of sulfonamides is 1. The molecule has 3 aromatic carbocycles. The van der Waals surface area contributed by atoms with Crippen molar-refractivity contribution in [2.75, 3.05) is 16.7 Å². The van der Waals surface area contributed by atoms with Gasteiger partial charge < -0.3 is 5.32 Å². The average Bonchev–Trinajstić information content (AvgIpc) is 2.68. The first kappa shape index (κ1) is 18.7. The number of anilines is 2. The maximum absolute atomic E-state index is 12.9. The number of rotatable bonds is 5. The van der Waals surface area contributed by atoms with Gasteiger partial charge in [0.05, 0.1) is 16.1 Å². The molecule has 0 bridgehead atoms. The summed E-state index contributed by atoms with van der Waals surface area (Å²) in [4.78, 5) is 12.9. The predicted molar refractivity (Wildman–Crippen MR) is 108 cm³/mol. The molecule has 0 aliphatic rings. The Bertz CT molecular complexity index is 1060. The largest absolute Gasteiger partial charge is 0.322 e. The summed E-state index contributed by atoms with van der Waals surface area (Å²) in [5.74, 6) is -0.369. The van der Waals surface area contributed by atoms with Crippen LogP contribution in [0.5, 0.6) is 0 Å². The minimum Gasteiger partial charge on any atom is -0.322 e. The smallest absolute Gasteiger partial charge is 0.264 e. The van der Waals surface area contributed by atoms with E-state index in [1.807, 2.05) is 25.1 Å². The van der Waals surface area contributed by atoms with Crippen molar-refractivity contribution < 1.29 is 13.2 Å². The monoisotopic (exact) mass is 380 g/mol. The molecule has 0 saturated heterocycles. The van der Waals surface area contributed by atoms with Gasteiger partial charge in [-0.2, -0.15) is 0 Å². The van der Waals surface area contributed by atoms with Gasteiger partial charge in [-0.15, -0.1) is 0 Å². The molecule has 138 valence electrons. The maximum Gasteiger partial charge on any atom is 0.264 e. The van der Waals surface area contributed by atoms with Gasteiger partial charge in [0.2, 0.25) is 0 Å². The second-order valence-electron chi connectivity index (χ2n) is 6.13. The second-order valence-corrected chi connectivity index (χ2v) is 8.10. The highest BCUT2D eigenvalue weighted by Crippen LogP contribution is 2.26. The van der Waals surface area contributed by atoms with E-state index < -0.39 is 10.0 Å². The summed E-state index contributed by atoms with van der Waals surface area (Å²) in [5.41, 5.74) is 2.26. The van der Waals surface area contributed by atoms with E-state index in [9.17, 15) is 13.2 Å². The topological polar surface area (TPSA) is 66.5 Å². The first-order valence-electron chi connectivity index (χ1n) is 8.40. The van der Waals surface area contributed by atoms with Crippen molar-refractivity contribution in [1.29, 1.82) is 0 Å². The standard InChI is InChI=1S/C21H20N2O3S/c1-16-9-8-10-17(15-16)22-21(24)19-13-6-7-14-20(19)23(2)27(25,26)18-11-4-3-5-12-18/h3-15H,1-2H3,(H,22,24). The molecule has 1 amide bonds. The number of nitrogens with zero attached hydrogens (tertiary/aromatic N) is 1. The van der Waals surface area contributed by atoms with Crippen LogP contribution in [0.3, 0.4) is 0 Å². The predicted octanol–water partition coefficient (Wildman–Crippen LogP) is 4.07. The SMILES string of the molecule is Cc1cccc(NC(=O)c2ccccc2N(C)S(=O)(=O)c2ccccc2)c1. The number of hydrogen-bond donors (Lipinski definition) is 1. The molecule has 0 aromatic heterocycles. The normalized spacial score (nSPS) is 11.0. The molecule has 0 unspecified atom stereocenters. The highest BCUT2D eigenvalue weighted by molar-refractivity contribution is 7.92. The van der Waals surface area contributed by atoms with Crippen molar-refractivity contribution in [2.24, 2.45) is 0 Å². The molecule has 0 spiro atoms. The van der Waals surface area contributed by atoms with Crippen LogP contribution in [0.2, 0.25) is 0 Å². The van der Waals surface area contributed by atoms with Gasteiger partial charge in [0.25, 0.3) is 15.9 Å². The van der Waals surface area contributed by atoms with Crippen LogP contribution < -0.4 is 9.62 Å². The lowest BCUT2D eigenvalue weighted by atomic mass is 10.1. The minimum absolute atomic E-state index is 0.168. The molecule has 3 aromatic rings. The molecule has 0 radical (unpaired) electrons. The highest BCUT2D eigenvalue weighted by Gasteiger charge is 2.24. The van der Waals surface area contributed by atoms with E-state index in [1.165, 1.54) is 19.2 Å². The van der Waals surface area contributed by atoms with Gasteiger partial charge in [-0.25, -0.2) is 8.42 Å². The molecule has 0 saturated carbocycles. The Hall–Kier alpha value is -3.12. The molecule has 3 rings (SSSR count). The number of aryl methyl sites for hydroxylation is 1. The van der Waals surface area contributed by atoms with E-state index in [2.05, 4.69) is 5.32 Å². The number of para-hydroxylation sites is 1. The van der Waals surface area contributed by atoms with Gasteiger partial charge in [-0.3, -0.25) is 9.10 Å². The van der Waals surface area contributed by atoms with Crippen LogP contribution in [0.1, 0.15) is 15.9 Å². The van der Waals surface area contributed by atoms with Crippen LogP contribution in [0.4, 0.5) is 11.4 Å². The highest BCUT2D eigenvalue weighted by atomic mass is 32.2. The third kappa shape index (κ3) is 4.01. The fourth-order valence-corrected chi connectivity index (χ4v) is 3.98. The Morgan fingerprint density at radius 1 is 0.889 bits per heavy atom. The van der Waals surface area contributed by atoms with Crippen LogP contribution in [-0.2, 0) is 10.0 Å². The Morgan fingerprint density at radius 3 is 2.26 bits per heavy atom. The lowest BCUT2D eigenvalue weighted by Gasteiger charge is -2.22. The quantitative estimate of drug-likeness (QED) is 0.725. The fraction of sp³-hybridized carbons (Fsp3) is 0.0952. The summed E-state index contributed by atoms with van der Waals surface area (Å²) in [5, 5.41) is 2.83. The van der Waals surface area contributed by atoms with Gasteiger partial charge in [0, 0.05) is 12.7 Å². The number of hydrogen-bond acceptors (Lipinski definition) is 3. The maximum atomic E-state index is 12.9. The number of amides is 1. The summed E-state index contributed by atoms with van der Waals surface area (Å²) >= 11 is 0. The molecular formula is C21H20N2O3S. The van der Waals surface area contributed by atoms with Crippen molar-refractivity contribution in [3.63, 3.8) is 0 Å². The van der Waals surface area contributed by atoms with Crippen LogP contribution >= 0.6 is 0 Å². The lowest BCUT2D eigenvalue weighted by molar-refractivity contribution is 0.102. The first-order chi connectivity index (χ1) is 12.9. The lowest BCUT2D eigenvalue weighted by Crippen LogP contribution is -2.29. The van der Waals surface area contributed by atoms with Gasteiger partial charge in [-0.05, 0) is 48.9 Å². The van der Waals surface area contributed by atoms with Gasteiger partial charge >= 0.3 is 0 Å². The molecule has 1 N–H and O–H groups in total. The van der Waals surface area contributed by atoms with Crippen LogP contribution in [-0.4, -0.2) is 21.4 Å². The molecule has 0 fully saturated rings. The zero-order valence-electron chi connectivity index (χ0n) is 15.1. The van der Waals surface area contributed by atoms with Crippen molar-refractivity contribution in [3.05, 3.63) is 90.0 Å². The van der Waals surface area contributed by atoms with Crippen LogP contribution in [0, 0.1) is 6.92 Å². The van der Waals surface area contributed by atoms with E-state index in [4.69, 9.17) is 0 Å². The number of nitrogens with one attached hydrogen (secondary N) is 1. The number of benzene rings is 3. The molecule has 27 heavy (non-hydrogen) atoms. The van der Waals surface area contributed by atoms with Crippen LogP contribution in [0.15, 0.2) is 83.8 Å².